The average molecular weight is 198 g/mol. The van der Waals surface area contributed by atoms with E-state index in [9.17, 15) is 4.79 Å². The van der Waals surface area contributed by atoms with Crippen LogP contribution in [-0.2, 0) is 4.79 Å². The van der Waals surface area contributed by atoms with Crippen molar-refractivity contribution < 1.29 is 4.79 Å². The van der Waals surface area contributed by atoms with Gasteiger partial charge in [0, 0.05) is 17.8 Å². The summed E-state index contributed by atoms with van der Waals surface area (Å²) in [5.74, 6) is -0.216. The standard InChI is InChI=1S/C12H10N2O/c1-2-12(15)14-11-5-3-4-9-6-7-13-8-10(9)11/h2-8H,1H2,(H,14,15). The predicted molar refractivity (Wildman–Crippen MR) is 60.6 cm³/mol. The number of hydrogen-bond acceptors (Lipinski definition) is 2. The van der Waals surface area contributed by atoms with Crippen LogP contribution in [0.25, 0.3) is 10.8 Å². The maximum atomic E-state index is 11.2. The number of carbonyl (C=O) groups excluding carboxylic acids is 1. The van der Waals surface area contributed by atoms with E-state index >= 15 is 0 Å². The number of pyridine rings is 1. The number of anilines is 1. The minimum absolute atomic E-state index is 0.216. The van der Waals surface area contributed by atoms with E-state index in [0.29, 0.717) is 0 Å². The number of aromatic nitrogens is 1. The second kappa shape index (κ2) is 3.92. The lowest BCUT2D eigenvalue weighted by atomic mass is 10.1. The molecule has 0 atom stereocenters. The third-order valence-corrected chi connectivity index (χ3v) is 2.13. The summed E-state index contributed by atoms with van der Waals surface area (Å²) in [7, 11) is 0. The topological polar surface area (TPSA) is 42.0 Å². The van der Waals surface area contributed by atoms with Crippen molar-refractivity contribution in [2.75, 3.05) is 5.32 Å². The van der Waals surface area contributed by atoms with Gasteiger partial charge in [0.05, 0.1) is 5.69 Å². The van der Waals surface area contributed by atoms with Gasteiger partial charge in [0.2, 0.25) is 5.91 Å². The van der Waals surface area contributed by atoms with E-state index in [-0.39, 0.29) is 5.91 Å². The van der Waals surface area contributed by atoms with Crippen molar-refractivity contribution in [3.63, 3.8) is 0 Å². The van der Waals surface area contributed by atoms with Crippen LogP contribution in [0.3, 0.4) is 0 Å². The fraction of sp³-hybridized carbons (Fsp3) is 0. The molecule has 1 N–H and O–H groups in total. The van der Waals surface area contributed by atoms with Crippen LogP contribution in [0.15, 0.2) is 49.3 Å². The number of nitrogens with zero attached hydrogens (tertiary/aromatic N) is 1. The first-order valence-corrected chi connectivity index (χ1v) is 4.57. The molecule has 3 nitrogen and oxygen atoms in total. The van der Waals surface area contributed by atoms with Crippen molar-refractivity contribution in [1.29, 1.82) is 0 Å². The Balaban J connectivity index is 2.51. The number of rotatable bonds is 2. The molecule has 0 aliphatic carbocycles. The lowest BCUT2D eigenvalue weighted by Crippen LogP contribution is -2.07. The number of hydrogen-bond donors (Lipinski definition) is 1. The second-order valence-corrected chi connectivity index (χ2v) is 3.10. The van der Waals surface area contributed by atoms with Crippen LogP contribution in [0.1, 0.15) is 0 Å². The lowest BCUT2D eigenvalue weighted by molar-refractivity contribution is -0.111. The fourth-order valence-electron chi connectivity index (χ4n) is 1.41. The first kappa shape index (κ1) is 9.40. The molecule has 15 heavy (non-hydrogen) atoms. The molecule has 2 rings (SSSR count). The Hall–Kier alpha value is -2.16. The molecule has 0 saturated heterocycles. The zero-order valence-electron chi connectivity index (χ0n) is 8.10. The van der Waals surface area contributed by atoms with Gasteiger partial charge in [-0.2, -0.15) is 0 Å². The molecule has 74 valence electrons. The zero-order valence-corrected chi connectivity index (χ0v) is 8.10. The number of benzene rings is 1. The van der Waals surface area contributed by atoms with Crippen LogP contribution in [-0.4, -0.2) is 10.9 Å². The van der Waals surface area contributed by atoms with E-state index in [1.807, 2.05) is 24.3 Å². The molecule has 1 aromatic carbocycles. The average Bonchev–Trinajstić information content (AvgIpc) is 2.29. The Morgan fingerprint density at radius 3 is 3.07 bits per heavy atom. The van der Waals surface area contributed by atoms with Gasteiger partial charge in [-0.15, -0.1) is 0 Å². The molecule has 0 aliphatic rings. The number of carbonyl (C=O) groups is 1. The summed E-state index contributed by atoms with van der Waals surface area (Å²) < 4.78 is 0. The van der Waals surface area contributed by atoms with Crippen molar-refractivity contribution in [1.82, 2.24) is 4.98 Å². The first-order valence-electron chi connectivity index (χ1n) is 4.57. The van der Waals surface area contributed by atoms with Gasteiger partial charge in [-0.1, -0.05) is 18.7 Å². The van der Waals surface area contributed by atoms with E-state index in [2.05, 4.69) is 16.9 Å². The monoisotopic (exact) mass is 198 g/mol. The third-order valence-electron chi connectivity index (χ3n) is 2.13. The molecule has 0 spiro atoms. The molecule has 3 heteroatoms. The largest absolute Gasteiger partial charge is 0.322 e. The number of amides is 1. The molecule has 0 fully saturated rings. The van der Waals surface area contributed by atoms with Gasteiger partial charge in [0.25, 0.3) is 0 Å². The maximum Gasteiger partial charge on any atom is 0.247 e. The van der Waals surface area contributed by atoms with Crippen LogP contribution in [0.5, 0.6) is 0 Å². The minimum atomic E-state index is -0.216. The number of nitrogens with one attached hydrogen (secondary N) is 1. The van der Waals surface area contributed by atoms with E-state index in [4.69, 9.17) is 0 Å². The van der Waals surface area contributed by atoms with E-state index < -0.39 is 0 Å². The smallest absolute Gasteiger partial charge is 0.247 e. The summed E-state index contributed by atoms with van der Waals surface area (Å²) in [5, 5.41) is 4.71. The lowest BCUT2D eigenvalue weighted by Gasteiger charge is -2.05. The SMILES string of the molecule is C=CC(=O)Nc1cccc2ccncc12. The van der Waals surface area contributed by atoms with Gasteiger partial charge in [-0.25, -0.2) is 0 Å². The van der Waals surface area contributed by atoms with Gasteiger partial charge in [0.15, 0.2) is 0 Å². The molecule has 0 saturated carbocycles. The van der Waals surface area contributed by atoms with Gasteiger partial charge in [-0.3, -0.25) is 9.78 Å². The van der Waals surface area contributed by atoms with E-state index in [1.165, 1.54) is 6.08 Å². The first-order chi connectivity index (χ1) is 7.31. The van der Waals surface area contributed by atoms with Gasteiger partial charge >= 0.3 is 0 Å². The highest BCUT2D eigenvalue weighted by Crippen LogP contribution is 2.21. The van der Waals surface area contributed by atoms with Crippen LogP contribution >= 0.6 is 0 Å². The summed E-state index contributed by atoms with van der Waals surface area (Å²) in [6, 6.07) is 7.60. The van der Waals surface area contributed by atoms with Crippen molar-refractivity contribution >= 4 is 22.4 Å². The van der Waals surface area contributed by atoms with Crippen LogP contribution < -0.4 is 5.32 Å². The summed E-state index contributed by atoms with van der Waals surface area (Å²) in [5.41, 5.74) is 0.755. The molecule has 0 aliphatic heterocycles. The van der Waals surface area contributed by atoms with Gasteiger partial charge in [-0.05, 0) is 23.6 Å². The highest BCUT2D eigenvalue weighted by atomic mass is 16.1. The van der Waals surface area contributed by atoms with Crippen LogP contribution in [0, 0.1) is 0 Å². The molecule has 1 heterocycles. The molecule has 1 amide bonds. The normalized spacial score (nSPS) is 9.87. The molecule has 0 bridgehead atoms. The molecular formula is C12H10N2O. The van der Waals surface area contributed by atoms with E-state index in [1.54, 1.807) is 12.4 Å². The predicted octanol–water partition coefficient (Wildman–Crippen LogP) is 2.36. The summed E-state index contributed by atoms with van der Waals surface area (Å²) in [6.45, 7) is 3.41. The quantitative estimate of drug-likeness (QED) is 0.752. The summed E-state index contributed by atoms with van der Waals surface area (Å²) in [6.07, 6.45) is 4.70. The van der Waals surface area contributed by atoms with Crippen molar-refractivity contribution in [2.24, 2.45) is 0 Å². The van der Waals surface area contributed by atoms with Crippen molar-refractivity contribution in [3.05, 3.63) is 49.3 Å². The fourth-order valence-corrected chi connectivity index (χ4v) is 1.41. The summed E-state index contributed by atoms with van der Waals surface area (Å²) in [4.78, 5) is 15.2. The van der Waals surface area contributed by atoms with Gasteiger partial charge in [0.1, 0.15) is 0 Å². The highest BCUT2D eigenvalue weighted by Gasteiger charge is 2.01. The maximum absolute atomic E-state index is 11.2. The molecular weight excluding hydrogens is 188 g/mol. The Labute approximate surface area is 87.4 Å². The zero-order chi connectivity index (χ0) is 10.7. The molecule has 1 aromatic heterocycles. The Kier molecular flexibility index (Phi) is 2.46. The van der Waals surface area contributed by atoms with Crippen LogP contribution in [0.4, 0.5) is 5.69 Å². The molecule has 0 radical (unpaired) electrons. The van der Waals surface area contributed by atoms with E-state index in [0.717, 1.165) is 16.5 Å². The Bertz CT molecular complexity index is 515. The third kappa shape index (κ3) is 1.86. The Morgan fingerprint density at radius 2 is 2.27 bits per heavy atom. The van der Waals surface area contributed by atoms with Crippen molar-refractivity contribution in [2.45, 2.75) is 0 Å². The minimum Gasteiger partial charge on any atom is -0.322 e. The van der Waals surface area contributed by atoms with Crippen LogP contribution in [0.2, 0.25) is 0 Å². The highest BCUT2D eigenvalue weighted by molar-refractivity contribution is 6.05. The molecule has 2 aromatic rings. The second-order valence-electron chi connectivity index (χ2n) is 3.10. The molecule has 0 unspecified atom stereocenters. The Morgan fingerprint density at radius 1 is 1.40 bits per heavy atom. The van der Waals surface area contributed by atoms with Crippen molar-refractivity contribution in [3.8, 4) is 0 Å². The van der Waals surface area contributed by atoms with Gasteiger partial charge < -0.3 is 5.32 Å². The summed E-state index contributed by atoms with van der Waals surface area (Å²) >= 11 is 0. The number of fused-ring (bicyclic) bond motifs is 1.